The molecule has 0 bridgehead atoms. The number of rotatable bonds is 4. The Balaban J connectivity index is 4.03. The average molecular weight is 444 g/mol. The topological polar surface area (TPSA) is 26.3 Å². The Hall–Kier alpha value is -1.70. The fraction of sp³-hybridized carbons (Fsp3) is 0.769. The maximum Gasteiger partial charge on any atom is 0.358 e. The fourth-order valence-electron chi connectivity index (χ4n) is 2.44. The van der Waals surface area contributed by atoms with Crippen molar-refractivity contribution in [2.24, 2.45) is 0 Å². The predicted octanol–water partition coefficient (Wildman–Crippen LogP) is 4.68. The molecule has 1 saturated carbocycles. The molecule has 0 aromatic carbocycles. The van der Waals surface area contributed by atoms with E-state index in [9.17, 15) is 61.9 Å². The van der Waals surface area contributed by atoms with Gasteiger partial charge in [0.1, 0.15) is 13.3 Å². The molecule has 1 rings (SSSR count). The Morgan fingerprint density at radius 2 is 1.18 bits per heavy atom. The molecule has 0 aromatic heterocycles. The minimum Gasteiger partial charge on any atom is -0.418 e. The lowest BCUT2D eigenvalue weighted by molar-refractivity contribution is -0.429. The minimum atomic E-state index is -7.29. The standard InChI is InChI=1S/C13H9F13O2/c1-2-6(27)28-10(20)3-9(18,19)12(23,24)7(16,4-14)11(21,22)8(17,5-15)13(10,25)26/h2H,1,3-5H2. The van der Waals surface area contributed by atoms with E-state index in [0.29, 0.717) is 0 Å². The lowest BCUT2D eigenvalue weighted by Crippen LogP contribution is -2.81. The van der Waals surface area contributed by atoms with E-state index in [1.54, 1.807) is 0 Å². The van der Waals surface area contributed by atoms with Crippen LogP contribution in [0.25, 0.3) is 0 Å². The first-order valence-electron chi connectivity index (χ1n) is 6.84. The van der Waals surface area contributed by atoms with E-state index < -0.39 is 66.6 Å². The Bertz CT molecular complexity index is 650. The molecule has 0 aromatic rings. The molecule has 0 radical (unpaired) electrons. The highest BCUT2D eigenvalue weighted by atomic mass is 19.3. The maximum absolute atomic E-state index is 14.4. The number of ether oxygens (including phenoxy) is 1. The fourth-order valence-corrected chi connectivity index (χ4v) is 2.44. The van der Waals surface area contributed by atoms with Crippen LogP contribution in [0.4, 0.5) is 57.1 Å². The van der Waals surface area contributed by atoms with E-state index in [1.807, 2.05) is 0 Å². The maximum atomic E-state index is 14.4. The summed E-state index contributed by atoms with van der Waals surface area (Å²) in [6.07, 6.45) is -4.06. The van der Waals surface area contributed by atoms with Gasteiger partial charge in [-0.25, -0.2) is 22.4 Å². The second-order valence-corrected chi connectivity index (χ2v) is 5.83. The van der Waals surface area contributed by atoms with Gasteiger partial charge in [-0.3, -0.25) is 0 Å². The highest BCUT2D eigenvalue weighted by molar-refractivity contribution is 5.81. The van der Waals surface area contributed by atoms with Gasteiger partial charge in [-0.15, -0.1) is 0 Å². The van der Waals surface area contributed by atoms with Crippen LogP contribution >= 0.6 is 0 Å². The van der Waals surface area contributed by atoms with Crippen molar-refractivity contribution < 1.29 is 66.6 Å². The highest BCUT2D eigenvalue weighted by Gasteiger charge is 2.94. The van der Waals surface area contributed by atoms with Crippen molar-refractivity contribution >= 4 is 5.97 Å². The van der Waals surface area contributed by atoms with E-state index in [1.165, 1.54) is 0 Å². The number of hydrogen-bond acceptors (Lipinski definition) is 2. The van der Waals surface area contributed by atoms with Crippen molar-refractivity contribution in [3.05, 3.63) is 12.7 Å². The first kappa shape index (κ1) is 24.3. The van der Waals surface area contributed by atoms with E-state index in [0.717, 1.165) is 0 Å². The largest absolute Gasteiger partial charge is 0.418 e. The summed E-state index contributed by atoms with van der Waals surface area (Å²) in [5.74, 6) is -36.4. The number of alkyl halides is 13. The summed E-state index contributed by atoms with van der Waals surface area (Å²) in [5, 5.41) is 0. The Morgan fingerprint density at radius 1 is 0.786 bits per heavy atom. The monoisotopic (exact) mass is 444 g/mol. The van der Waals surface area contributed by atoms with Gasteiger partial charge >= 0.3 is 35.5 Å². The van der Waals surface area contributed by atoms with Crippen molar-refractivity contribution in [2.75, 3.05) is 13.3 Å². The quantitative estimate of drug-likeness (QED) is 0.358. The molecule has 0 spiro atoms. The number of halogens is 13. The van der Waals surface area contributed by atoms with Crippen LogP contribution in [0.5, 0.6) is 0 Å². The SMILES string of the molecule is C=CC(=O)OC1(F)CC(F)(F)C(F)(F)C(F)(CF)C(F)(F)C(F)(CF)C1(F)F. The van der Waals surface area contributed by atoms with Crippen LogP contribution in [-0.2, 0) is 9.53 Å². The highest BCUT2D eigenvalue weighted by Crippen LogP contribution is 2.65. The predicted molar refractivity (Wildman–Crippen MR) is 64.2 cm³/mol. The molecule has 0 amide bonds. The first-order chi connectivity index (χ1) is 12.3. The molecule has 3 unspecified atom stereocenters. The lowest BCUT2D eigenvalue weighted by atomic mass is 9.70. The van der Waals surface area contributed by atoms with Crippen molar-refractivity contribution in [1.82, 2.24) is 0 Å². The molecule has 2 nitrogen and oxygen atoms in total. The molecule has 1 aliphatic carbocycles. The van der Waals surface area contributed by atoms with Crippen LogP contribution in [0.15, 0.2) is 12.7 Å². The summed E-state index contributed by atoms with van der Waals surface area (Å²) in [4.78, 5) is 10.9. The molecule has 15 heteroatoms. The van der Waals surface area contributed by atoms with Crippen LogP contribution < -0.4 is 0 Å². The van der Waals surface area contributed by atoms with Crippen molar-refractivity contribution in [3.8, 4) is 0 Å². The van der Waals surface area contributed by atoms with Crippen molar-refractivity contribution in [1.29, 1.82) is 0 Å². The van der Waals surface area contributed by atoms with E-state index in [-0.39, 0.29) is 6.08 Å². The molecule has 0 saturated heterocycles. The van der Waals surface area contributed by atoms with E-state index >= 15 is 0 Å². The summed E-state index contributed by atoms with van der Waals surface area (Å²) in [6.45, 7) is -5.27. The lowest BCUT2D eigenvalue weighted by Gasteiger charge is -2.52. The molecular weight excluding hydrogens is 435 g/mol. The second-order valence-electron chi connectivity index (χ2n) is 5.83. The van der Waals surface area contributed by atoms with Gasteiger partial charge in [0.25, 0.3) is 11.3 Å². The van der Waals surface area contributed by atoms with E-state index in [2.05, 4.69) is 11.3 Å². The van der Waals surface area contributed by atoms with Gasteiger partial charge < -0.3 is 4.74 Å². The average Bonchev–Trinajstić information content (AvgIpc) is 2.57. The van der Waals surface area contributed by atoms with Gasteiger partial charge in [0.2, 0.25) is 0 Å². The summed E-state index contributed by atoms with van der Waals surface area (Å²) in [6, 6.07) is 0. The summed E-state index contributed by atoms with van der Waals surface area (Å²) >= 11 is 0. The molecule has 1 aliphatic rings. The summed E-state index contributed by atoms with van der Waals surface area (Å²) in [5.41, 5.74) is -13.4. The van der Waals surface area contributed by atoms with Gasteiger partial charge in [-0.05, 0) is 0 Å². The van der Waals surface area contributed by atoms with Crippen LogP contribution in [0.2, 0.25) is 0 Å². The molecule has 0 aliphatic heterocycles. The zero-order valence-electron chi connectivity index (χ0n) is 13.1. The zero-order valence-corrected chi connectivity index (χ0v) is 13.1. The van der Waals surface area contributed by atoms with Crippen LogP contribution in [0.1, 0.15) is 6.42 Å². The molecular formula is C13H9F13O2. The smallest absolute Gasteiger partial charge is 0.358 e. The Labute approximate surface area is 147 Å². The normalized spacial score (nSPS) is 38.8. The summed E-state index contributed by atoms with van der Waals surface area (Å²) < 4.78 is 183. The number of carbonyl (C=O) groups is 1. The summed E-state index contributed by atoms with van der Waals surface area (Å²) in [7, 11) is 0. The molecule has 0 N–H and O–H groups in total. The number of esters is 1. The number of carbonyl (C=O) groups excluding carboxylic acids is 1. The third-order valence-electron chi connectivity index (χ3n) is 4.17. The van der Waals surface area contributed by atoms with Gasteiger partial charge in [0, 0.05) is 6.08 Å². The van der Waals surface area contributed by atoms with Crippen LogP contribution in [0.3, 0.4) is 0 Å². The van der Waals surface area contributed by atoms with Gasteiger partial charge in [0.05, 0.1) is 6.42 Å². The molecule has 1 fully saturated rings. The second kappa shape index (κ2) is 6.40. The molecule has 164 valence electrons. The Kier molecular flexibility index (Phi) is 5.57. The number of hydrogen-bond donors (Lipinski definition) is 0. The molecule has 28 heavy (non-hydrogen) atoms. The zero-order chi connectivity index (χ0) is 22.6. The van der Waals surface area contributed by atoms with Gasteiger partial charge in [-0.2, -0.15) is 39.5 Å². The van der Waals surface area contributed by atoms with E-state index in [4.69, 9.17) is 0 Å². The minimum absolute atomic E-state index is 0.235. The van der Waals surface area contributed by atoms with Gasteiger partial charge in [0.15, 0.2) is 0 Å². The van der Waals surface area contributed by atoms with Crippen molar-refractivity contribution in [2.45, 2.75) is 47.3 Å². The van der Waals surface area contributed by atoms with Crippen LogP contribution in [0, 0.1) is 0 Å². The third-order valence-corrected chi connectivity index (χ3v) is 4.17. The third kappa shape index (κ3) is 2.60. The first-order valence-corrected chi connectivity index (χ1v) is 6.84. The Morgan fingerprint density at radius 3 is 1.54 bits per heavy atom. The molecule has 3 atom stereocenters. The van der Waals surface area contributed by atoms with Gasteiger partial charge in [-0.1, -0.05) is 6.58 Å². The van der Waals surface area contributed by atoms with Crippen LogP contribution in [-0.4, -0.2) is 60.2 Å². The van der Waals surface area contributed by atoms with Crippen molar-refractivity contribution in [3.63, 3.8) is 0 Å². The molecule has 0 heterocycles.